The van der Waals surface area contributed by atoms with E-state index in [0.717, 1.165) is 37.1 Å². The number of likely N-dealkylation sites (tertiary alicyclic amines) is 1. The van der Waals surface area contributed by atoms with Gasteiger partial charge in [-0.05, 0) is 56.0 Å². The number of rotatable bonds is 5. The fourth-order valence-electron chi connectivity index (χ4n) is 4.22. The highest BCUT2D eigenvalue weighted by Crippen LogP contribution is 2.35. The molecule has 0 unspecified atom stereocenters. The third-order valence-electron chi connectivity index (χ3n) is 5.83. The molecule has 2 aliphatic rings. The number of carbonyl (C=O) groups excluding carboxylic acids is 1. The van der Waals surface area contributed by atoms with Crippen molar-refractivity contribution in [1.29, 1.82) is 0 Å². The third-order valence-corrected chi connectivity index (χ3v) is 5.83. The van der Waals surface area contributed by atoms with Crippen molar-refractivity contribution in [3.8, 4) is 34.5 Å². The van der Waals surface area contributed by atoms with E-state index in [1.54, 1.807) is 0 Å². The molecule has 1 atom stereocenters. The van der Waals surface area contributed by atoms with Crippen LogP contribution in [0.1, 0.15) is 32.6 Å². The average Bonchev–Trinajstić information content (AvgIpc) is 3.53. The zero-order valence-electron chi connectivity index (χ0n) is 16.9. The van der Waals surface area contributed by atoms with Crippen molar-refractivity contribution in [3.05, 3.63) is 36.5 Å². The number of hydrogen-bond acceptors (Lipinski definition) is 6. The smallest absolute Gasteiger partial charge is 0.274 e. The quantitative estimate of drug-likeness (QED) is 0.640. The zero-order chi connectivity index (χ0) is 20.5. The highest BCUT2D eigenvalue weighted by atomic mass is 16.7. The Hall–Kier alpha value is -3.29. The topological polar surface area (TPSA) is 82.6 Å². The number of nitrogens with zero attached hydrogens (tertiary/aromatic N) is 4. The SMILES string of the molecule is CC[C@@H]1CCCCN1C(=O)Cn1cccc1-c1nc(-c2ccc3c(c2)OCO3)no1. The first-order valence-electron chi connectivity index (χ1n) is 10.4. The highest BCUT2D eigenvalue weighted by molar-refractivity contribution is 5.77. The summed E-state index contributed by atoms with van der Waals surface area (Å²) in [5.74, 6) is 2.35. The first-order chi connectivity index (χ1) is 14.7. The van der Waals surface area contributed by atoms with Crippen LogP contribution in [0.15, 0.2) is 41.1 Å². The van der Waals surface area contributed by atoms with Gasteiger partial charge in [-0.3, -0.25) is 4.79 Å². The van der Waals surface area contributed by atoms with Gasteiger partial charge in [0.05, 0.1) is 0 Å². The van der Waals surface area contributed by atoms with Gasteiger partial charge < -0.3 is 23.5 Å². The molecule has 4 heterocycles. The van der Waals surface area contributed by atoms with Gasteiger partial charge in [-0.1, -0.05) is 12.1 Å². The van der Waals surface area contributed by atoms with E-state index in [1.807, 2.05) is 46.0 Å². The fraction of sp³-hybridized carbons (Fsp3) is 0.409. The van der Waals surface area contributed by atoms with E-state index in [0.29, 0.717) is 29.3 Å². The molecule has 5 rings (SSSR count). The van der Waals surface area contributed by atoms with Gasteiger partial charge in [0, 0.05) is 24.3 Å². The number of ether oxygens (including phenoxy) is 2. The molecular weight excluding hydrogens is 384 g/mol. The monoisotopic (exact) mass is 408 g/mol. The number of benzene rings is 1. The number of piperidine rings is 1. The highest BCUT2D eigenvalue weighted by Gasteiger charge is 2.26. The van der Waals surface area contributed by atoms with Crippen molar-refractivity contribution >= 4 is 5.91 Å². The van der Waals surface area contributed by atoms with Crippen LogP contribution in [-0.4, -0.2) is 44.9 Å². The standard InChI is InChI=1S/C22H24N4O4/c1-2-16-6-3-4-11-26(16)20(27)13-25-10-5-7-17(25)22-23-21(24-30-22)15-8-9-18-19(12-15)29-14-28-18/h5,7-10,12,16H,2-4,6,11,13-14H2,1H3/t16-/m1/s1. The number of aromatic nitrogens is 3. The summed E-state index contributed by atoms with van der Waals surface area (Å²) in [6.07, 6.45) is 6.23. The largest absolute Gasteiger partial charge is 0.454 e. The van der Waals surface area contributed by atoms with Crippen molar-refractivity contribution in [3.63, 3.8) is 0 Å². The third kappa shape index (κ3) is 3.42. The van der Waals surface area contributed by atoms with Crippen molar-refractivity contribution in [2.24, 2.45) is 0 Å². The molecule has 0 N–H and O–H groups in total. The molecule has 0 bridgehead atoms. The van der Waals surface area contributed by atoms with Gasteiger partial charge in [0.2, 0.25) is 18.5 Å². The van der Waals surface area contributed by atoms with Crippen LogP contribution in [0.5, 0.6) is 11.5 Å². The second-order valence-electron chi connectivity index (χ2n) is 7.66. The Morgan fingerprint density at radius 2 is 2.10 bits per heavy atom. The molecule has 2 aliphatic heterocycles. The van der Waals surface area contributed by atoms with Gasteiger partial charge in [0.25, 0.3) is 5.89 Å². The minimum absolute atomic E-state index is 0.134. The van der Waals surface area contributed by atoms with E-state index in [4.69, 9.17) is 14.0 Å². The van der Waals surface area contributed by atoms with Gasteiger partial charge >= 0.3 is 0 Å². The average molecular weight is 408 g/mol. The fourth-order valence-corrected chi connectivity index (χ4v) is 4.22. The molecule has 30 heavy (non-hydrogen) atoms. The Morgan fingerprint density at radius 1 is 1.20 bits per heavy atom. The van der Waals surface area contributed by atoms with Crippen LogP contribution in [0.25, 0.3) is 23.0 Å². The molecule has 0 saturated carbocycles. The number of carbonyl (C=O) groups is 1. The van der Waals surface area contributed by atoms with Crippen molar-refractivity contribution < 1.29 is 18.8 Å². The lowest BCUT2D eigenvalue weighted by molar-refractivity contribution is -0.135. The predicted molar refractivity (Wildman–Crippen MR) is 109 cm³/mol. The Labute approximate surface area is 174 Å². The van der Waals surface area contributed by atoms with Gasteiger partial charge in [0.15, 0.2) is 11.5 Å². The minimum atomic E-state index is 0.134. The van der Waals surface area contributed by atoms with Crippen LogP contribution < -0.4 is 9.47 Å². The van der Waals surface area contributed by atoms with Gasteiger partial charge in [-0.15, -0.1) is 0 Å². The maximum atomic E-state index is 13.0. The summed E-state index contributed by atoms with van der Waals surface area (Å²) < 4.78 is 18.2. The van der Waals surface area contributed by atoms with Crippen molar-refractivity contribution in [2.75, 3.05) is 13.3 Å². The number of hydrogen-bond donors (Lipinski definition) is 0. The summed E-state index contributed by atoms with van der Waals surface area (Å²) in [7, 11) is 0. The van der Waals surface area contributed by atoms with Crippen LogP contribution in [0.2, 0.25) is 0 Å². The summed E-state index contributed by atoms with van der Waals surface area (Å²) in [5, 5.41) is 4.11. The molecule has 0 aliphatic carbocycles. The van der Waals surface area contributed by atoms with Crippen LogP contribution in [-0.2, 0) is 11.3 Å². The van der Waals surface area contributed by atoms with Gasteiger partial charge in [0.1, 0.15) is 12.2 Å². The zero-order valence-corrected chi connectivity index (χ0v) is 16.9. The van der Waals surface area contributed by atoms with E-state index in [-0.39, 0.29) is 19.2 Å². The molecule has 0 spiro atoms. The number of amides is 1. The van der Waals surface area contributed by atoms with E-state index < -0.39 is 0 Å². The predicted octanol–water partition coefficient (Wildman–Crippen LogP) is 3.72. The van der Waals surface area contributed by atoms with Crippen molar-refractivity contribution in [1.82, 2.24) is 19.6 Å². The molecule has 3 aromatic rings. The van der Waals surface area contributed by atoms with E-state index in [1.165, 1.54) is 6.42 Å². The van der Waals surface area contributed by atoms with E-state index in [2.05, 4.69) is 17.1 Å². The van der Waals surface area contributed by atoms with Crippen molar-refractivity contribution in [2.45, 2.75) is 45.2 Å². The lowest BCUT2D eigenvalue weighted by atomic mass is 10.00. The van der Waals surface area contributed by atoms with Crippen LogP contribution in [0.3, 0.4) is 0 Å². The van der Waals surface area contributed by atoms with Crippen LogP contribution in [0.4, 0.5) is 0 Å². The second kappa shape index (κ2) is 7.85. The molecule has 1 saturated heterocycles. The summed E-state index contributed by atoms with van der Waals surface area (Å²) in [6.45, 7) is 3.46. The molecular formula is C22H24N4O4. The van der Waals surface area contributed by atoms with Gasteiger partial charge in [-0.2, -0.15) is 4.98 Å². The van der Waals surface area contributed by atoms with E-state index in [9.17, 15) is 4.79 Å². The first-order valence-corrected chi connectivity index (χ1v) is 10.4. The Morgan fingerprint density at radius 3 is 3.00 bits per heavy atom. The summed E-state index contributed by atoms with van der Waals surface area (Å²) in [4.78, 5) is 19.5. The minimum Gasteiger partial charge on any atom is -0.454 e. The van der Waals surface area contributed by atoms with Crippen LogP contribution in [0, 0.1) is 0 Å². The number of fused-ring (bicyclic) bond motifs is 1. The molecule has 156 valence electrons. The molecule has 1 aromatic carbocycles. The molecule has 8 nitrogen and oxygen atoms in total. The Kier molecular flexibility index (Phi) is 4.90. The molecule has 1 amide bonds. The normalized spacial score (nSPS) is 18.0. The summed E-state index contributed by atoms with van der Waals surface area (Å²) in [5.41, 5.74) is 1.51. The molecule has 0 radical (unpaired) electrons. The lowest BCUT2D eigenvalue weighted by Gasteiger charge is -2.35. The molecule has 2 aromatic heterocycles. The molecule has 1 fully saturated rings. The summed E-state index contributed by atoms with van der Waals surface area (Å²) >= 11 is 0. The first kappa shape index (κ1) is 18.7. The van der Waals surface area contributed by atoms with Crippen LogP contribution >= 0.6 is 0 Å². The van der Waals surface area contributed by atoms with Gasteiger partial charge in [-0.25, -0.2) is 0 Å². The Bertz CT molecular complexity index is 1060. The second-order valence-corrected chi connectivity index (χ2v) is 7.66. The summed E-state index contributed by atoms with van der Waals surface area (Å²) in [6, 6.07) is 9.65. The Balaban J connectivity index is 1.36. The maximum absolute atomic E-state index is 13.0. The maximum Gasteiger partial charge on any atom is 0.274 e. The lowest BCUT2D eigenvalue weighted by Crippen LogP contribution is -2.44. The molecule has 8 heteroatoms. The van der Waals surface area contributed by atoms with E-state index >= 15 is 0 Å².